The van der Waals surface area contributed by atoms with Gasteiger partial charge in [-0.15, -0.1) is 0 Å². The largest absolute Gasteiger partial charge is 0.506 e. The highest BCUT2D eigenvalue weighted by Gasteiger charge is 2.24. The molecule has 0 bridgehead atoms. The third-order valence-electron chi connectivity index (χ3n) is 4.35. The summed E-state index contributed by atoms with van der Waals surface area (Å²) in [5, 5.41) is 10.7. The Morgan fingerprint density at radius 3 is 2.80 bits per heavy atom. The van der Waals surface area contributed by atoms with Crippen LogP contribution in [0.2, 0.25) is 0 Å². The molecule has 1 aliphatic heterocycles. The lowest BCUT2D eigenvalue weighted by Gasteiger charge is -2.15. The number of aromatic nitrogens is 4. The fourth-order valence-corrected chi connectivity index (χ4v) is 2.99. The summed E-state index contributed by atoms with van der Waals surface area (Å²) >= 11 is 0. The van der Waals surface area contributed by atoms with Crippen LogP contribution in [0.1, 0.15) is 12.7 Å². The van der Waals surface area contributed by atoms with Crippen LogP contribution in [0.25, 0.3) is 22.7 Å². The van der Waals surface area contributed by atoms with E-state index in [0.717, 1.165) is 0 Å². The molecule has 30 heavy (non-hydrogen) atoms. The zero-order valence-electron chi connectivity index (χ0n) is 17.0. The Hall–Kier alpha value is -4.06. The Morgan fingerprint density at radius 1 is 1.23 bits per heavy atom. The lowest BCUT2D eigenvalue weighted by atomic mass is 10.2. The minimum Gasteiger partial charge on any atom is -0.506 e. The number of aliphatic imine (C=N–C) groups is 1. The van der Waals surface area contributed by atoms with Crippen molar-refractivity contribution in [2.24, 2.45) is 4.99 Å². The number of nitrogens with zero attached hydrogens (tertiary/aromatic N) is 6. The molecule has 0 amide bonds. The number of aromatic hydroxyl groups is 1. The molecule has 1 aliphatic rings. The minimum absolute atomic E-state index is 0.00287. The van der Waals surface area contributed by atoms with Crippen molar-refractivity contribution in [3.63, 3.8) is 0 Å². The average molecular weight is 404 g/mol. The molecular formula is C21H20N6O3. The van der Waals surface area contributed by atoms with Crippen LogP contribution in [0.5, 0.6) is 11.5 Å². The maximum atomic E-state index is 10.7. The summed E-state index contributed by atoms with van der Waals surface area (Å²) in [6.07, 6.45) is 3.23. The number of methoxy groups -OCH3 is 1. The van der Waals surface area contributed by atoms with Crippen molar-refractivity contribution in [2.45, 2.75) is 6.92 Å². The first-order chi connectivity index (χ1) is 14.5. The molecule has 4 rings (SSSR count). The van der Waals surface area contributed by atoms with Crippen LogP contribution in [-0.2, 0) is 4.74 Å². The van der Waals surface area contributed by atoms with Gasteiger partial charge in [0.25, 0.3) is 0 Å². The van der Waals surface area contributed by atoms with Crippen LogP contribution >= 0.6 is 0 Å². The van der Waals surface area contributed by atoms with Crippen LogP contribution in [-0.4, -0.2) is 58.3 Å². The number of phenolic OH excluding ortho intramolecular Hbond substituents is 1. The summed E-state index contributed by atoms with van der Waals surface area (Å²) < 4.78 is 12.7. The summed E-state index contributed by atoms with van der Waals surface area (Å²) in [6.45, 7) is 2.33. The highest BCUT2D eigenvalue weighted by Crippen LogP contribution is 2.36. The molecule has 0 saturated carbocycles. The quantitative estimate of drug-likeness (QED) is 0.653. The third kappa shape index (κ3) is 3.28. The monoisotopic (exact) mass is 404 g/mol. The molecule has 0 radical (unpaired) electrons. The highest BCUT2D eigenvalue weighted by atomic mass is 16.5. The number of benzene rings is 1. The van der Waals surface area contributed by atoms with Gasteiger partial charge in [0.15, 0.2) is 22.8 Å². The van der Waals surface area contributed by atoms with Gasteiger partial charge in [-0.25, -0.2) is 19.9 Å². The van der Waals surface area contributed by atoms with Crippen molar-refractivity contribution in [1.82, 2.24) is 19.5 Å². The number of ether oxygens (including phenoxy) is 2. The molecule has 0 spiro atoms. The molecule has 9 heteroatoms. The standard InChI is InChI=1S/C21H20N6O3/c1-5-30-17-11-6-8-13(23-17)20-25-19-21(24-16(12-22-19)26(2)3)27(20)18-14(28)9-7-10-15(18)29-4/h7,9-12,28H,5H2,1-4H3. The maximum Gasteiger partial charge on any atom is 0.223 e. The van der Waals surface area contributed by atoms with Gasteiger partial charge >= 0.3 is 0 Å². The Bertz CT molecular complexity index is 1260. The predicted molar refractivity (Wildman–Crippen MR) is 113 cm³/mol. The third-order valence-corrected chi connectivity index (χ3v) is 4.35. The van der Waals surface area contributed by atoms with Gasteiger partial charge in [0, 0.05) is 14.1 Å². The highest BCUT2D eigenvalue weighted by molar-refractivity contribution is 5.94. The topological polar surface area (TPSA) is 97.9 Å². The fourth-order valence-electron chi connectivity index (χ4n) is 2.99. The van der Waals surface area contributed by atoms with Gasteiger partial charge < -0.3 is 19.5 Å². The summed E-state index contributed by atoms with van der Waals surface area (Å²) in [4.78, 5) is 20.0. The Kier molecular flexibility index (Phi) is 4.98. The minimum atomic E-state index is -0.00287. The first-order valence-corrected chi connectivity index (χ1v) is 9.26. The van der Waals surface area contributed by atoms with Gasteiger partial charge in [-0.05, 0) is 24.8 Å². The molecule has 9 nitrogen and oxygen atoms in total. The summed E-state index contributed by atoms with van der Waals surface area (Å²) in [5.74, 6) is 1.84. The second kappa shape index (κ2) is 7.75. The number of anilines is 1. The molecule has 152 valence electrons. The Morgan fingerprint density at radius 2 is 2.07 bits per heavy atom. The molecular weight excluding hydrogens is 384 g/mol. The van der Waals surface area contributed by atoms with E-state index in [1.807, 2.05) is 25.9 Å². The normalized spacial score (nSPS) is 12.7. The first kappa shape index (κ1) is 19.3. The van der Waals surface area contributed by atoms with Gasteiger partial charge in [-0.2, -0.15) is 0 Å². The van der Waals surface area contributed by atoms with Crippen molar-refractivity contribution in [3.05, 3.63) is 47.8 Å². The van der Waals surface area contributed by atoms with Gasteiger partial charge in [-0.1, -0.05) is 11.8 Å². The summed E-state index contributed by atoms with van der Waals surface area (Å²) in [7, 11) is 5.27. The molecule has 3 heterocycles. The number of hydrogen-bond acceptors (Lipinski definition) is 8. The van der Waals surface area contributed by atoms with Crippen molar-refractivity contribution >= 4 is 28.7 Å². The number of imidazole rings is 1. The first-order valence-electron chi connectivity index (χ1n) is 9.26. The summed E-state index contributed by atoms with van der Waals surface area (Å²) in [5.41, 5.74) is 7.43. The smallest absolute Gasteiger partial charge is 0.223 e. The molecule has 0 saturated heterocycles. The Balaban J connectivity index is 2.07. The van der Waals surface area contributed by atoms with E-state index in [-0.39, 0.29) is 5.75 Å². The predicted octanol–water partition coefficient (Wildman–Crippen LogP) is 2.70. The molecule has 0 atom stereocenters. The molecule has 0 aliphatic carbocycles. The lowest BCUT2D eigenvalue weighted by Crippen LogP contribution is -2.12. The second-order valence-electron chi connectivity index (χ2n) is 6.51. The zero-order valence-corrected chi connectivity index (χ0v) is 17.0. The maximum absolute atomic E-state index is 10.7. The molecule has 3 aromatic rings. The lowest BCUT2D eigenvalue weighted by molar-refractivity contribution is 0.330. The van der Waals surface area contributed by atoms with Gasteiger partial charge in [0.05, 0.1) is 26.0 Å². The number of rotatable bonds is 5. The SMILES string of the molecule is CCOC1=NC(c2nc3ncc(N(C)C)nc3n2-c2c(O)cccc2OC)=C=C=C1. The molecule has 1 aromatic carbocycles. The molecule has 1 N–H and O–H groups in total. The molecule has 0 unspecified atom stereocenters. The molecule has 2 aromatic heterocycles. The van der Waals surface area contributed by atoms with Gasteiger partial charge in [0.1, 0.15) is 23.0 Å². The van der Waals surface area contributed by atoms with Crippen LogP contribution in [0.4, 0.5) is 5.82 Å². The van der Waals surface area contributed by atoms with E-state index in [0.29, 0.717) is 52.6 Å². The second-order valence-corrected chi connectivity index (χ2v) is 6.51. The van der Waals surface area contributed by atoms with Crippen LogP contribution < -0.4 is 9.64 Å². The van der Waals surface area contributed by atoms with Crippen molar-refractivity contribution < 1.29 is 14.6 Å². The number of hydrogen-bond donors (Lipinski definition) is 1. The molecule has 0 fully saturated rings. The van der Waals surface area contributed by atoms with E-state index in [2.05, 4.69) is 31.4 Å². The van der Waals surface area contributed by atoms with E-state index in [4.69, 9.17) is 9.47 Å². The number of phenols is 1. The van der Waals surface area contributed by atoms with E-state index in [1.165, 1.54) is 7.11 Å². The van der Waals surface area contributed by atoms with Crippen molar-refractivity contribution in [2.75, 3.05) is 32.7 Å². The van der Waals surface area contributed by atoms with Crippen LogP contribution in [0.15, 0.2) is 46.9 Å². The zero-order chi connectivity index (χ0) is 21.3. The van der Waals surface area contributed by atoms with E-state index < -0.39 is 0 Å². The number of fused-ring (bicyclic) bond motifs is 1. The van der Waals surface area contributed by atoms with Gasteiger partial charge in [-0.3, -0.25) is 4.57 Å². The van der Waals surface area contributed by atoms with E-state index in [9.17, 15) is 5.11 Å². The fraction of sp³-hybridized carbons (Fsp3) is 0.238. The van der Waals surface area contributed by atoms with E-state index >= 15 is 0 Å². The average Bonchev–Trinajstić information content (AvgIpc) is 3.12. The van der Waals surface area contributed by atoms with Crippen molar-refractivity contribution in [3.8, 4) is 17.2 Å². The van der Waals surface area contributed by atoms with Crippen molar-refractivity contribution in [1.29, 1.82) is 0 Å². The van der Waals surface area contributed by atoms with Crippen LogP contribution in [0.3, 0.4) is 0 Å². The Labute approximate surface area is 172 Å². The summed E-state index contributed by atoms with van der Waals surface area (Å²) in [6, 6.07) is 5.01. The van der Waals surface area contributed by atoms with E-state index in [1.54, 1.807) is 35.0 Å². The van der Waals surface area contributed by atoms with Crippen LogP contribution in [0, 0.1) is 0 Å². The number of para-hydroxylation sites is 1. The van der Waals surface area contributed by atoms with Gasteiger partial charge in [0.2, 0.25) is 5.90 Å².